The predicted octanol–water partition coefficient (Wildman–Crippen LogP) is 2.64. The van der Waals surface area contributed by atoms with Crippen LogP contribution in [-0.4, -0.2) is 17.1 Å². The van der Waals surface area contributed by atoms with Gasteiger partial charge in [0.2, 0.25) is 0 Å². The van der Waals surface area contributed by atoms with Gasteiger partial charge in [-0.25, -0.2) is 0 Å². The predicted molar refractivity (Wildman–Crippen MR) is 62.7 cm³/mol. The Labute approximate surface area is 93.0 Å². The summed E-state index contributed by atoms with van der Waals surface area (Å²) in [5.41, 5.74) is 5.11. The van der Waals surface area contributed by atoms with Crippen molar-refractivity contribution in [3.05, 3.63) is 0 Å². The minimum absolute atomic E-state index is 0.520. The largest absolute Gasteiger partial charge is 0.481 e. The molecule has 3 heteroatoms. The van der Waals surface area contributed by atoms with Gasteiger partial charge in [0.1, 0.15) is 0 Å². The van der Waals surface area contributed by atoms with E-state index in [0.717, 1.165) is 5.92 Å². The average molecular weight is 215 g/mol. The lowest BCUT2D eigenvalue weighted by molar-refractivity contribution is -0.145. The van der Waals surface area contributed by atoms with E-state index >= 15 is 0 Å². The van der Waals surface area contributed by atoms with Crippen molar-refractivity contribution in [3.63, 3.8) is 0 Å². The maximum atomic E-state index is 10.0. The van der Waals surface area contributed by atoms with Gasteiger partial charge in [-0.1, -0.05) is 6.92 Å². The van der Waals surface area contributed by atoms with Crippen molar-refractivity contribution in [2.75, 3.05) is 0 Å². The first kappa shape index (κ1) is 14.4. The molecule has 0 heterocycles. The summed E-state index contributed by atoms with van der Waals surface area (Å²) in [7, 11) is 0. The van der Waals surface area contributed by atoms with Crippen LogP contribution in [0.15, 0.2) is 0 Å². The second-order valence-corrected chi connectivity index (χ2v) is 5.58. The Kier molecular flexibility index (Phi) is 5.88. The van der Waals surface area contributed by atoms with Crippen LogP contribution in [0.1, 0.15) is 53.4 Å². The normalized spacial score (nSPS) is 26.5. The Morgan fingerprint density at radius 3 is 1.73 bits per heavy atom. The Morgan fingerprint density at radius 2 is 1.53 bits per heavy atom. The van der Waals surface area contributed by atoms with E-state index in [-0.39, 0.29) is 0 Å². The molecule has 1 rings (SSSR count). The van der Waals surface area contributed by atoms with E-state index in [1.165, 1.54) is 25.7 Å². The van der Waals surface area contributed by atoms with E-state index in [9.17, 15) is 4.79 Å². The highest BCUT2D eigenvalue weighted by Crippen LogP contribution is 2.21. The van der Waals surface area contributed by atoms with Crippen molar-refractivity contribution in [1.82, 2.24) is 0 Å². The molecule has 1 aliphatic rings. The molecule has 3 N–H and O–H groups in total. The molecule has 0 aromatic carbocycles. The van der Waals surface area contributed by atoms with Crippen LogP contribution in [0.2, 0.25) is 0 Å². The fourth-order valence-electron chi connectivity index (χ4n) is 1.29. The lowest BCUT2D eigenvalue weighted by atomic mass is 9.88. The third kappa shape index (κ3) is 7.37. The van der Waals surface area contributed by atoms with Gasteiger partial charge in [0, 0.05) is 6.04 Å². The van der Waals surface area contributed by atoms with Crippen molar-refractivity contribution >= 4 is 5.97 Å². The minimum atomic E-state index is -0.757. The summed E-state index contributed by atoms with van der Waals surface area (Å²) in [5.74, 6) is 0.183. The zero-order chi connectivity index (χ0) is 12.1. The number of carbonyl (C=O) groups is 1. The van der Waals surface area contributed by atoms with Gasteiger partial charge in [-0.2, -0.15) is 0 Å². The van der Waals surface area contributed by atoms with E-state index < -0.39 is 11.4 Å². The van der Waals surface area contributed by atoms with Crippen molar-refractivity contribution in [1.29, 1.82) is 0 Å². The van der Waals surface area contributed by atoms with E-state index in [4.69, 9.17) is 10.8 Å². The number of carboxylic acid groups (broad SMARTS) is 1. The molecule has 1 saturated carbocycles. The molecule has 15 heavy (non-hydrogen) atoms. The first-order chi connectivity index (χ1) is 6.73. The van der Waals surface area contributed by atoms with Crippen molar-refractivity contribution < 1.29 is 9.90 Å². The van der Waals surface area contributed by atoms with Crippen LogP contribution >= 0.6 is 0 Å². The highest BCUT2D eigenvalue weighted by atomic mass is 16.4. The summed E-state index contributed by atoms with van der Waals surface area (Å²) in [6.45, 7) is 7.30. The maximum Gasteiger partial charge on any atom is 0.308 e. The first-order valence-electron chi connectivity index (χ1n) is 5.72. The summed E-state index contributed by atoms with van der Waals surface area (Å²) < 4.78 is 0. The molecule has 0 spiro atoms. The Hall–Kier alpha value is -0.570. The molecule has 0 saturated heterocycles. The highest BCUT2D eigenvalue weighted by Gasteiger charge is 2.18. The molecule has 90 valence electrons. The van der Waals surface area contributed by atoms with Gasteiger partial charge in [0.05, 0.1) is 5.41 Å². The lowest BCUT2D eigenvalue weighted by Crippen LogP contribution is -2.25. The Bertz CT molecular complexity index is 178. The molecular formula is C12H25NO2. The van der Waals surface area contributed by atoms with Crippen LogP contribution in [-0.2, 0) is 4.79 Å². The third-order valence-corrected chi connectivity index (χ3v) is 2.70. The SMILES string of the molecule is CC(C)(C)C(=O)O.CC1CCC(N)CC1. The van der Waals surface area contributed by atoms with Gasteiger partial charge in [0.25, 0.3) is 0 Å². The smallest absolute Gasteiger partial charge is 0.308 e. The third-order valence-electron chi connectivity index (χ3n) is 2.70. The molecule has 1 fully saturated rings. The molecule has 0 aromatic heterocycles. The van der Waals surface area contributed by atoms with Gasteiger partial charge >= 0.3 is 5.97 Å². The van der Waals surface area contributed by atoms with Crippen LogP contribution < -0.4 is 5.73 Å². The molecule has 0 aromatic rings. The second kappa shape index (κ2) is 6.11. The van der Waals surface area contributed by atoms with Gasteiger partial charge in [-0.05, 0) is 52.4 Å². The summed E-state index contributed by atoms with van der Waals surface area (Å²) in [5, 5.41) is 8.25. The summed E-state index contributed by atoms with van der Waals surface area (Å²) in [6.07, 6.45) is 5.20. The monoisotopic (exact) mass is 215 g/mol. The number of rotatable bonds is 0. The van der Waals surface area contributed by atoms with Crippen LogP contribution in [0.3, 0.4) is 0 Å². The van der Waals surface area contributed by atoms with Crippen LogP contribution in [0.25, 0.3) is 0 Å². The number of nitrogens with two attached hydrogens (primary N) is 1. The zero-order valence-electron chi connectivity index (χ0n) is 10.4. The van der Waals surface area contributed by atoms with Crippen molar-refractivity contribution in [2.24, 2.45) is 17.1 Å². The fourth-order valence-corrected chi connectivity index (χ4v) is 1.29. The molecular weight excluding hydrogens is 190 g/mol. The van der Waals surface area contributed by atoms with E-state index in [0.29, 0.717) is 6.04 Å². The summed E-state index contributed by atoms with van der Waals surface area (Å²) in [4.78, 5) is 10.0. The lowest BCUT2D eigenvalue weighted by Gasteiger charge is -2.22. The van der Waals surface area contributed by atoms with Crippen LogP contribution in [0.5, 0.6) is 0 Å². The summed E-state index contributed by atoms with van der Waals surface area (Å²) in [6, 6.07) is 0.520. The molecule has 0 amide bonds. The van der Waals surface area contributed by atoms with E-state index in [1.54, 1.807) is 20.8 Å². The molecule has 0 radical (unpaired) electrons. The van der Waals surface area contributed by atoms with Crippen molar-refractivity contribution in [2.45, 2.75) is 59.4 Å². The molecule has 1 aliphatic carbocycles. The second-order valence-electron chi connectivity index (χ2n) is 5.58. The number of carboxylic acids is 1. The number of aliphatic carboxylic acids is 1. The van der Waals surface area contributed by atoms with Gasteiger partial charge in [-0.15, -0.1) is 0 Å². The maximum absolute atomic E-state index is 10.0. The fraction of sp³-hybridized carbons (Fsp3) is 0.917. The molecule has 0 aliphatic heterocycles. The van der Waals surface area contributed by atoms with Crippen LogP contribution in [0, 0.1) is 11.3 Å². The average Bonchev–Trinajstić information content (AvgIpc) is 2.09. The zero-order valence-corrected chi connectivity index (χ0v) is 10.4. The highest BCUT2D eigenvalue weighted by molar-refractivity contribution is 5.72. The van der Waals surface area contributed by atoms with Crippen LogP contribution in [0.4, 0.5) is 0 Å². The Balaban J connectivity index is 0.000000265. The topological polar surface area (TPSA) is 63.3 Å². The van der Waals surface area contributed by atoms with Gasteiger partial charge in [-0.3, -0.25) is 4.79 Å². The van der Waals surface area contributed by atoms with Gasteiger partial charge < -0.3 is 10.8 Å². The van der Waals surface area contributed by atoms with Crippen molar-refractivity contribution in [3.8, 4) is 0 Å². The standard InChI is InChI=1S/C7H15N.C5H10O2/c1-6-2-4-7(8)5-3-6;1-5(2,3)4(6)7/h6-7H,2-5,8H2,1H3;1-3H3,(H,6,7). The molecule has 0 atom stereocenters. The minimum Gasteiger partial charge on any atom is -0.481 e. The number of hydrogen-bond acceptors (Lipinski definition) is 2. The quantitative estimate of drug-likeness (QED) is 0.653. The molecule has 3 nitrogen and oxygen atoms in total. The van der Waals surface area contributed by atoms with E-state index in [2.05, 4.69) is 6.92 Å². The summed E-state index contributed by atoms with van der Waals surface area (Å²) >= 11 is 0. The Morgan fingerprint density at radius 1 is 1.20 bits per heavy atom. The molecule has 0 bridgehead atoms. The van der Waals surface area contributed by atoms with Gasteiger partial charge in [0.15, 0.2) is 0 Å². The van der Waals surface area contributed by atoms with E-state index in [1.807, 2.05) is 0 Å². The number of hydrogen-bond donors (Lipinski definition) is 2. The molecule has 0 unspecified atom stereocenters. The first-order valence-corrected chi connectivity index (χ1v) is 5.72.